The Labute approximate surface area is 155 Å². The number of rotatable bonds is 5. The molecule has 5 nitrogen and oxygen atoms in total. The van der Waals surface area contributed by atoms with Gasteiger partial charge in [-0.3, -0.25) is 0 Å². The lowest BCUT2D eigenvalue weighted by atomic mass is 9.89. The average molecular weight is 375 g/mol. The summed E-state index contributed by atoms with van der Waals surface area (Å²) in [7, 11) is -2.15. The van der Waals surface area contributed by atoms with E-state index in [9.17, 15) is 8.42 Å². The van der Waals surface area contributed by atoms with Crippen LogP contribution in [0.4, 0.5) is 0 Å². The lowest BCUT2D eigenvalue weighted by Gasteiger charge is -2.20. The largest absolute Gasteiger partial charge is 0.495 e. The molecule has 0 aliphatic carbocycles. The van der Waals surface area contributed by atoms with Gasteiger partial charge in [-0.15, -0.1) is 0 Å². The highest BCUT2D eigenvalue weighted by Gasteiger charge is 2.40. The van der Waals surface area contributed by atoms with Crippen LogP contribution in [0.2, 0.25) is 0 Å². The van der Waals surface area contributed by atoms with Crippen LogP contribution in [0.3, 0.4) is 0 Å². The summed E-state index contributed by atoms with van der Waals surface area (Å²) in [5, 5.41) is 0. The smallest absolute Gasteiger partial charge is 0.247 e. The molecule has 0 amide bonds. The van der Waals surface area contributed by atoms with Crippen LogP contribution < -0.4 is 10.5 Å². The average Bonchev–Trinajstić information content (AvgIpc) is 3.06. The topological polar surface area (TPSA) is 72.6 Å². The van der Waals surface area contributed by atoms with Crippen LogP contribution in [-0.4, -0.2) is 39.5 Å². The van der Waals surface area contributed by atoms with Crippen molar-refractivity contribution in [1.82, 2.24) is 4.31 Å². The Bertz CT molecular complexity index is 881. The van der Waals surface area contributed by atoms with E-state index < -0.39 is 10.0 Å². The predicted molar refractivity (Wildman–Crippen MR) is 103 cm³/mol. The molecule has 26 heavy (non-hydrogen) atoms. The highest BCUT2D eigenvalue weighted by atomic mass is 32.2. The molecular weight excluding hydrogens is 348 g/mol. The second kappa shape index (κ2) is 7.39. The van der Waals surface area contributed by atoms with Gasteiger partial charge >= 0.3 is 0 Å². The number of aryl methyl sites for hydroxylation is 2. The summed E-state index contributed by atoms with van der Waals surface area (Å²) < 4.78 is 33.7. The van der Waals surface area contributed by atoms with E-state index in [2.05, 4.69) is 0 Å². The fraction of sp³-hybridized carbons (Fsp3) is 0.400. The van der Waals surface area contributed by atoms with Gasteiger partial charge in [0.25, 0.3) is 0 Å². The van der Waals surface area contributed by atoms with E-state index in [1.165, 1.54) is 7.11 Å². The van der Waals surface area contributed by atoms with E-state index in [-0.39, 0.29) is 16.7 Å². The van der Waals surface area contributed by atoms with Gasteiger partial charge in [0.15, 0.2) is 0 Å². The Kier molecular flexibility index (Phi) is 5.37. The quantitative estimate of drug-likeness (QED) is 0.873. The van der Waals surface area contributed by atoms with Gasteiger partial charge in [-0.05, 0) is 49.1 Å². The van der Waals surface area contributed by atoms with Gasteiger partial charge < -0.3 is 10.5 Å². The summed E-state index contributed by atoms with van der Waals surface area (Å²) in [4.78, 5) is 0.259. The zero-order valence-electron chi connectivity index (χ0n) is 15.5. The second-order valence-corrected chi connectivity index (χ2v) is 8.82. The summed E-state index contributed by atoms with van der Waals surface area (Å²) >= 11 is 0. The molecule has 0 bridgehead atoms. The van der Waals surface area contributed by atoms with Gasteiger partial charge in [0.05, 0.1) is 7.11 Å². The van der Waals surface area contributed by atoms with Crippen molar-refractivity contribution >= 4 is 10.0 Å². The Morgan fingerprint density at radius 2 is 1.85 bits per heavy atom. The predicted octanol–water partition coefficient (Wildman–Crippen LogP) is 2.68. The molecule has 2 aromatic rings. The number of nitrogens with zero attached hydrogens (tertiary/aromatic N) is 1. The lowest BCUT2D eigenvalue weighted by Crippen LogP contribution is -2.30. The van der Waals surface area contributed by atoms with E-state index in [0.29, 0.717) is 30.9 Å². The number of benzene rings is 2. The van der Waals surface area contributed by atoms with Crippen LogP contribution in [0.15, 0.2) is 47.4 Å². The molecule has 1 fully saturated rings. The third-order valence-corrected chi connectivity index (χ3v) is 7.16. The number of methoxy groups -OCH3 is 1. The summed E-state index contributed by atoms with van der Waals surface area (Å²) in [6.07, 6.45) is 0. The Morgan fingerprint density at radius 3 is 2.46 bits per heavy atom. The third kappa shape index (κ3) is 3.37. The summed E-state index contributed by atoms with van der Waals surface area (Å²) in [5.74, 6) is 0.603. The van der Waals surface area contributed by atoms with E-state index >= 15 is 0 Å². The first-order chi connectivity index (χ1) is 12.4. The molecule has 0 radical (unpaired) electrons. The van der Waals surface area contributed by atoms with Crippen molar-refractivity contribution in [2.75, 3.05) is 26.7 Å². The van der Waals surface area contributed by atoms with E-state index in [4.69, 9.17) is 10.5 Å². The number of hydrogen-bond acceptors (Lipinski definition) is 4. The van der Waals surface area contributed by atoms with Crippen molar-refractivity contribution in [2.24, 2.45) is 11.7 Å². The molecule has 0 saturated carbocycles. The standard InChI is InChI=1S/C20H26N2O3S/c1-14-9-15(2)20(19(10-14)25-3)26(23,24)22-12-17(11-21)18(13-22)16-7-5-4-6-8-16/h4-10,17-18H,11-13,21H2,1-3H3/t17-,18+/m1/s1. The highest BCUT2D eigenvalue weighted by molar-refractivity contribution is 7.89. The van der Waals surface area contributed by atoms with Crippen LogP contribution >= 0.6 is 0 Å². The fourth-order valence-corrected chi connectivity index (χ4v) is 5.74. The van der Waals surface area contributed by atoms with Crippen molar-refractivity contribution in [3.63, 3.8) is 0 Å². The van der Waals surface area contributed by atoms with E-state index in [1.807, 2.05) is 50.2 Å². The minimum atomic E-state index is -3.66. The maximum Gasteiger partial charge on any atom is 0.247 e. The monoisotopic (exact) mass is 374 g/mol. The zero-order valence-corrected chi connectivity index (χ0v) is 16.3. The van der Waals surface area contributed by atoms with Gasteiger partial charge in [0, 0.05) is 19.0 Å². The summed E-state index contributed by atoms with van der Waals surface area (Å²) in [5.41, 5.74) is 8.77. The van der Waals surface area contributed by atoms with Crippen molar-refractivity contribution in [3.05, 3.63) is 59.2 Å². The van der Waals surface area contributed by atoms with Crippen molar-refractivity contribution < 1.29 is 13.2 Å². The first-order valence-electron chi connectivity index (χ1n) is 8.79. The van der Waals surface area contributed by atoms with Crippen LogP contribution in [0, 0.1) is 19.8 Å². The number of nitrogens with two attached hydrogens (primary N) is 1. The lowest BCUT2D eigenvalue weighted by molar-refractivity contribution is 0.396. The second-order valence-electron chi connectivity index (χ2n) is 6.95. The van der Waals surface area contributed by atoms with Gasteiger partial charge in [-0.25, -0.2) is 8.42 Å². The van der Waals surface area contributed by atoms with Crippen LogP contribution in [-0.2, 0) is 10.0 Å². The molecule has 2 atom stereocenters. The third-order valence-electron chi connectivity index (χ3n) is 5.14. The number of ether oxygens (including phenoxy) is 1. The molecule has 0 aromatic heterocycles. The Balaban J connectivity index is 1.99. The molecule has 2 aromatic carbocycles. The maximum absolute atomic E-state index is 13.4. The fourth-order valence-electron chi connectivity index (χ4n) is 3.87. The minimum Gasteiger partial charge on any atom is -0.495 e. The molecule has 6 heteroatoms. The summed E-state index contributed by atoms with van der Waals surface area (Å²) in [6, 6.07) is 13.7. The van der Waals surface area contributed by atoms with Crippen LogP contribution in [0.25, 0.3) is 0 Å². The normalized spacial score (nSPS) is 21.1. The molecule has 0 unspecified atom stereocenters. The molecule has 140 valence electrons. The van der Waals surface area contributed by atoms with Crippen molar-refractivity contribution in [3.8, 4) is 5.75 Å². The van der Waals surface area contributed by atoms with Crippen molar-refractivity contribution in [2.45, 2.75) is 24.7 Å². The Hall–Kier alpha value is -1.89. The van der Waals surface area contributed by atoms with Gasteiger partial charge in [-0.2, -0.15) is 4.31 Å². The molecule has 2 N–H and O–H groups in total. The van der Waals surface area contributed by atoms with Gasteiger partial charge in [0.1, 0.15) is 10.6 Å². The molecule has 1 aliphatic rings. The van der Waals surface area contributed by atoms with Crippen molar-refractivity contribution in [1.29, 1.82) is 0 Å². The zero-order chi connectivity index (χ0) is 18.9. The maximum atomic E-state index is 13.4. The molecule has 1 saturated heterocycles. The highest BCUT2D eigenvalue weighted by Crippen LogP contribution is 2.38. The Morgan fingerprint density at radius 1 is 1.15 bits per heavy atom. The van der Waals surface area contributed by atoms with Gasteiger partial charge in [-0.1, -0.05) is 36.4 Å². The van der Waals surface area contributed by atoms with E-state index in [0.717, 1.165) is 11.1 Å². The molecule has 0 spiro atoms. The van der Waals surface area contributed by atoms with Crippen LogP contribution in [0.1, 0.15) is 22.6 Å². The SMILES string of the molecule is COc1cc(C)cc(C)c1S(=O)(=O)N1C[C@@H](CN)[C@H](c2ccccc2)C1. The van der Waals surface area contributed by atoms with Crippen LogP contribution in [0.5, 0.6) is 5.75 Å². The number of sulfonamides is 1. The first-order valence-corrected chi connectivity index (χ1v) is 10.2. The molecule has 1 heterocycles. The molecule has 1 aliphatic heterocycles. The van der Waals surface area contributed by atoms with Gasteiger partial charge in [0.2, 0.25) is 10.0 Å². The first kappa shape index (κ1) is 18.9. The number of hydrogen-bond donors (Lipinski definition) is 1. The summed E-state index contributed by atoms with van der Waals surface area (Å²) in [6.45, 7) is 5.06. The minimum absolute atomic E-state index is 0.101. The molecule has 3 rings (SSSR count). The van der Waals surface area contributed by atoms with E-state index in [1.54, 1.807) is 10.4 Å². The molecular formula is C20H26N2O3S.